The van der Waals surface area contributed by atoms with E-state index in [0.29, 0.717) is 34.6 Å². The van der Waals surface area contributed by atoms with Gasteiger partial charge in [0.25, 0.3) is 0 Å². The summed E-state index contributed by atoms with van der Waals surface area (Å²) < 4.78 is 6.41. The molecular weight excluding hydrogens is 351 g/mol. The van der Waals surface area contributed by atoms with E-state index in [0.717, 1.165) is 10.0 Å². The number of pyridine rings is 1. The Morgan fingerprint density at radius 2 is 2.05 bits per heavy atom. The van der Waals surface area contributed by atoms with Gasteiger partial charge in [0.1, 0.15) is 0 Å². The first-order valence-electron chi connectivity index (χ1n) is 5.54. The predicted octanol–water partition coefficient (Wildman–Crippen LogP) is 4.35. The van der Waals surface area contributed by atoms with Gasteiger partial charge in [-0.2, -0.15) is 0 Å². The molecule has 0 aliphatic carbocycles. The second kappa shape index (κ2) is 6.46. The number of halogens is 3. The maximum atomic E-state index is 6.08. The minimum atomic E-state index is 0.361. The molecule has 0 unspecified atom stereocenters. The molecule has 0 fully saturated rings. The van der Waals surface area contributed by atoms with E-state index in [1.807, 2.05) is 6.07 Å². The normalized spacial score (nSPS) is 10.5. The molecule has 3 nitrogen and oxygen atoms in total. The number of rotatable bonds is 4. The maximum absolute atomic E-state index is 6.08. The molecule has 1 aromatic heterocycles. The van der Waals surface area contributed by atoms with Gasteiger partial charge in [-0.15, -0.1) is 0 Å². The van der Waals surface area contributed by atoms with Crippen molar-refractivity contribution in [1.82, 2.24) is 4.98 Å². The Morgan fingerprint density at radius 1 is 1.26 bits per heavy atom. The van der Waals surface area contributed by atoms with Crippen LogP contribution in [0.2, 0.25) is 10.0 Å². The molecule has 19 heavy (non-hydrogen) atoms. The smallest absolute Gasteiger partial charge is 0.166 e. The van der Waals surface area contributed by atoms with E-state index in [4.69, 9.17) is 33.7 Å². The SMILES string of the molecule is Nc1ncc(Br)cc1OCCc1cc(Cl)ccc1Cl. The van der Waals surface area contributed by atoms with E-state index >= 15 is 0 Å². The van der Waals surface area contributed by atoms with Crippen LogP contribution in [0.3, 0.4) is 0 Å². The first-order chi connectivity index (χ1) is 9.06. The minimum absolute atomic E-state index is 0.361. The van der Waals surface area contributed by atoms with Crippen molar-refractivity contribution in [3.8, 4) is 5.75 Å². The summed E-state index contributed by atoms with van der Waals surface area (Å²) >= 11 is 15.3. The molecule has 2 N–H and O–H groups in total. The summed E-state index contributed by atoms with van der Waals surface area (Å²) in [5.74, 6) is 0.910. The summed E-state index contributed by atoms with van der Waals surface area (Å²) in [4.78, 5) is 3.99. The molecule has 0 amide bonds. The quantitative estimate of drug-likeness (QED) is 0.880. The topological polar surface area (TPSA) is 48.1 Å². The Hall–Kier alpha value is -0.970. The number of nitrogen functional groups attached to an aromatic ring is 1. The summed E-state index contributed by atoms with van der Waals surface area (Å²) in [6.07, 6.45) is 2.27. The summed E-state index contributed by atoms with van der Waals surface area (Å²) in [6.45, 7) is 0.447. The van der Waals surface area contributed by atoms with Crippen LogP contribution >= 0.6 is 39.1 Å². The van der Waals surface area contributed by atoms with E-state index in [1.54, 1.807) is 24.4 Å². The molecule has 2 rings (SSSR count). The van der Waals surface area contributed by atoms with Crippen molar-refractivity contribution < 1.29 is 4.74 Å². The molecule has 0 saturated heterocycles. The van der Waals surface area contributed by atoms with E-state index in [1.165, 1.54) is 0 Å². The third kappa shape index (κ3) is 4.00. The number of nitrogens with two attached hydrogens (primary N) is 1. The fourth-order valence-corrected chi connectivity index (χ4v) is 2.27. The van der Waals surface area contributed by atoms with Crippen molar-refractivity contribution in [3.63, 3.8) is 0 Å². The molecule has 0 atom stereocenters. The van der Waals surface area contributed by atoms with Crippen molar-refractivity contribution in [2.24, 2.45) is 0 Å². The van der Waals surface area contributed by atoms with Crippen molar-refractivity contribution in [3.05, 3.63) is 50.5 Å². The lowest BCUT2D eigenvalue weighted by atomic mass is 10.1. The molecule has 1 heterocycles. The first-order valence-corrected chi connectivity index (χ1v) is 7.09. The second-order valence-corrected chi connectivity index (χ2v) is 5.63. The number of aromatic nitrogens is 1. The van der Waals surface area contributed by atoms with Gasteiger partial charge in [0, 0.05) is 27.1 Å². The summed E-state index contributed by atoms with van der Waals surface area (Å²) in [6, 6.07) is 7.14. The molecule has 1 aromatic carbocycles. The predicted molar refractivity (Wildman–Crippen MR) is 82.0 cm³/mol. The molecule has 0 bridgehead atoms. The van der Waals surface area contributed by atoms with Gasteiger partial charge in [-0.3, -0.25) is 0 Å². The van der Waals surface area contributed by atoms with Gasteiger partial charge in [-0.05, 0) is 45.8 Å². The maximum Gasteiger partial charge on any atom is 0.166 e. The number of anilines is 1. The molecule has 2 aromatic rings. The van der Waals surface area contributed by atoms with Gasteiger partial charge in [0.2, 0.25) is 0 Å². The van der Waals surface area contributed by atoms with Crippen LogP contribution in [0.4, 0.5) is 5.82 Å². The summed E-state index contributed by atoms with van der Waals surface area (Å²) in [5.41, 5.74) is 6.66. The molecule has 0 radical (unpaired) electrons. The highest BCUT2D eigenvalue weighted by Crippen LogP contribution is 2.24. The van der Waals surface area contributed by atoms with E-state index in [-0.39, 0.29) is 0 Å². The lowest BCUT2D eigenvalue weighted by Gasteiger charge is -2.09. The Balaban J connectivity index is 2.00. The number of ether oxygens (including phenoxy) is 1. The lowest BCUT2D eigenvalue weighted by molar-refractivity contribution is 0.322. The zero-order chi connectivity index (χ0) is 13.8. The summed E-state index contributed by atoms with van der Waals surface area (Å²) in [7, 11) is 0. The second-order valence-electron chi connectivity index (χ2n) is 3.87. The average molecular weight is 362 g/mol. The van der Waals surface area contributed by atoms with Crippen molar-refractivity contribution in [1.29, 1.82) is 0 Å². The number of benzene rings is 1. The van der Waals surface area contributed by atoms with Crippen LogP contribution in [0.1, 0.15) is 5.56 Å². The lowest BCUT2D eigenvalue weighted by Crippen LogP contribution is -2.04. The van der Waals surface area contributed by atoms with Gasteiger partial charge in [0.05, 0.1) is 6.61 Å². The van der Waals surface area contributed by atoms with Crippen LogP contribution in [0, 0.1) is 0 Å². The van der Waals surface area contributed by atoms with E-state index in [9.17, 15) is 0 Å². The van der Waals surface area contributed by atoms with Crippen molar-refractivity contribution >= 4 is 44.9 Å². The van der Waals surface area contributed by atoms with Gasteiger partial charge in [0.15, 0.2) is 11.6 Å². The molecule has 100 valence electrons. The van der Waals surface area contributed by atoms with Crippen LogP contribution in [0.5, 0.6) is 5.75 Å². The molecule has 6 heteroatoms. The van der Waals surface area contributed by atoms with Gasteiger partial charge >= 0.3 is 0 Å². The Labute approximate surface area is 129 Å². The van der Waals surface area contributed by atoms with Gasteiger partial charge in [-0.1, -0.05) is 23.2 Å². The third-order valence-electron chi connectivity index (χ3n) is 2.49. The van der Waals surface area contributed by atoms with Crippen LogP contribution in [0.25, 0.3) is 0 Å². The van der Waals surface area contributed by atoms with Crippen LogP contribution in [-0.2, 0) is 6.42 Å². The molecule has 0 spiro atoms. The fraction of sp³-hybridized carbons (Fsp3) is 0.154. The van der Waals surface area contributed by atoms with E-state index in [2.05, 4.69) is 20.9 Å². The molecule has 0 aliphatic heterocycles. The Morgan fingerprint density at radius 3 is 2.84 bits per heavy atom. The molecule has 0 saturated carbocycles. The van der Waals surface area contributed by atoms with Crippen molar-refractivity contribution in [2.75, 3.05) is 12.3 Å². The van der Waals surface area contributed by atoms with Gasteiger partial charge in [-0.25, -0.2) is 4.98 Å². The van der Waals surface area contributed by atoms with Crippen LogP contribution < -0.4 is 10.5 Å². The van der Waals surface area contributed by atoms with Crippen LogP contribution in [0.15, 0.2) is 34.9 Å². The molecule has 0 aliphatic rings. The standard InChI is InChI=1S/C13H11BrCl2N2O/c14-9-6-12(13(17)18-7-9)19-4-3-8-5-10(15)1-2-11(8)16/h1-2,5-7H,3-4H2,(H2,17,18). The average Bonchev–Trinajstić information content (AvgIpc) is 2.38. The Bertz CT molecular complexity index is 541. The highest BCUT2D eigenvalue weighted by Gasteiger charge is 2.05. The minimum Gasteiger partial charge on any atom is -0.489 e. The van der Waals surface area contributed by atoms with Crippen molar-refractivity contribution in [2.45, 2.75) is 6.42 Å². The Kier molecular flexibility index (Phi) is 4.91. The highest BCUT2D eigenvalue weighted by atomic mass is 79.9. The monoisotopic (exact) mass is 360 g/mol. The molecular formula is C13H11BrCl2N2O. The third-order valence-corrected chi connectivity index (χ3v) is 3.52. The first kappa shape index (κ1) is 14.4. The number of hydrogen-bond donors (Lipinski definition) is 1. The highest BCUT2D eigenvalue weighted by molar-refractivity contribution is 9.10. The number of nitrogens with zero attached hydrogens (tertiary/aromatic N) is 1. The van der Waals surface area contributed by atoms with Gasteiger partial charge < -0.3 is 10.5 Å². The van der Waals surface area contributed by atoms with Crippen LogP contribution in [-0.4, -0.2) is 11.6 Å². The zero-order valence-corrected chi connectivity index (χ0v) is 13.0. The van der Waals surface area contributed by atoms with E-state index < -0.39 is 0 Å². The summed E-state index contributed by atoms with van der Waals surface area (Å²) in [5, 5.41) is 1.33. The largest absolute Gasteiger partial charge is 0.489 e. The zero-order valence-electron chi connectivity index (χ0n) is 9.87. The number of hydrogen-bond acceptors (Lipinski definition) is 3. The fourth-order valence-electron chi connectivity index (χ4n) is 1.55.